The van der Waals surface area contributed by atoms with Gasteiger partial charge in [0.25, 0.3) is 0 Å². The molecule has 1 fully saturated rings. The lowest BCUT2D eigenvalue weighted by molar-refractivity contribution is -0.123. The van der Waals surface area contributed by atoms with Crippen molar-refractivity contribution in [3.8, 4) is 0 Å². The number of hydrogen-bond acceptors (Lipinski definition) is 2. The number of amides is 1. The number of nitrogens with two attached hydrogens (primary N) is 1. The zero-order chi connectivity index (χ0) is 11.1. The highest BCUT2D eigenvalue weighted by molar-refractivity contribution is 5.81. The van der Waals surface area contributed by atoms with Gasteiger partial charge < -0.3 is 11.1 Å². The second-order valence-corrected chi connectivity index (χ2v) is 4.82. The van der Waals surface area contributed by atoms with Crippen molar-refractivity contribution in [2.75, 3.05) is 0 Å². The number of fused-ring (bicyclic) bond motifs is 1. The molecule has 0 heterocycles. The van der Waals surface area contributed by atoms with Gasteiger partial charge in [-0.05, 0) is 30.4 Å². The van der Waals surface area contributed by atoms with Crippen LogP contribution >= 0.6 is 0 Å². The minimum Gasteiger partial charge on any atom is -0.351 e. The maximum absolute atomic E-state index is 11.7. The van der Waals surface area contributed by atoms with Crippen LogP contribution in [0.3, 0.4) is 0 Å². The van der Waals surface area contributed by atoms with E-state index in [1.807, 2.05) is 12.1 Å². The van der Waals surface area contributed by atoms with Crippen molar-refractivity contribution in [1.29, 1.82) is 0 Å². The third-order valence-electron chi connectivity index (χ3n) is 3.56. The Morgan fingerprint density at radius 3 is 2.75 bits per heavy atom. The molecule has 1 aromatic rings. The van der Waals surface area contributed by atoms with Crippen LogP contribution in [0.1, 0.15) is 30.0 Å². The molecule has 0 saturated heterocycles. The first-order valence-corrected chi connectivity index (χ1v) is 5.89. The Morgan fingerprint density at radius 2 is 2.06 bits per heavy atom. The van der Waals surface area contributed by atoms with E-state index in [0.717, 1.165) is 19.3 Å². The summed E-state index contributed by atoms with van der Waals surface area (Å²) >= 11 is 0. The number of hydrogen-bond donors (Lipinski definition) is 2. The van der Waals surface area contributed by atoms with Gasteiger partial charge in [0.2, 0.25) is 5.91 Å². The first-order valence-electron chi connectivity index (χ1n) is 5.89. The van der Waals surface area contributed by atoms with E-state index < -0.39 is 0 Å². The van der Waals surface area contributed by atoms with E-state index in [0.29, 0.717) is 0 Å². The maximum Gasteiger partial charge on any atom is 0.223 e. The summed E-state index contributed by atoms with van der Waals surface area (Å²) in [5.41, 5.74) is 8.60. The van der Waals surface area contributed by atoms with Crippen LogP contribution in [0.4, 0.5) is 0 Å². The lowest BCUT2D eigenvalue weighted by Crippen LogP contribution is -2.41. The monoisotopic (exact) mass is 216 g/mol. The summed E-state index contributed by atoms with van der Waals surface area (Å²) < 4.78 is 0. The zero-order valence-corrected chi connectivity index (χ0v) is 9.15. The van der Waals surface area contributed by atoms with E-state index in [2.05, 4.69) is 17.4 Å². The molecular weight excluding hydrogens is 200 g/mol. The highest BCUT2D eigenvalue weighted by Gasteiger charge is 2.35. The van der Waals surface area contributed by atoms with Crippen LogP contribution < -0.4 is 11.1 Å². The van der Waals surface area contributed by atoms with Crippen molar-refractivity contribution < 1.29 is 4.79 Å². The number of benzene rings is 1. The topological polar surface area (TPSA) is 55.1 Å². The molecule has 3 rings (SSSR count). The molecule has 0 aromatic heterocycles. The van der Waals surface area contributed by atoms with Gasteiger partial charge in [0.15, 0.2) is 0 Å². The van der Waals surface area contributed by atoms with Gasteiger partial charge in [0.1, 0.15) is 0 Å². The van der Waals surface area contributed by atoms with Gasteiger partial charge in [-0.1, -0.05) is 24.3 Å². The van der Waals surface area contributed by atoms with Gasteiger partial charge in [-0.2, -0.15) is 0 Å². The minimum absolute atomic E-state index is 0.0427. The second-order valence-electron chi connectivity index (χ2n) is 4.82. The van der Waals surface area contributed by atoms with Gasteiger partial charge in [0.05, 0.1) is 12.1 Å². The summed E-state index contributed by atoms with van der Waals surface area (Å²) in [7, 11) is 0. The molecule has 1 aromatic carbocycles. The lowest BCUT2D eigenvalue weighted by Gasteiger charge is -2.17. The molecule has 2 aliphatic rings. The van der Waals surface area contributed by atoms with E-state index in [1.165, 1.54) is 11.1 Å². The average Bonchev–Trinajstić information content (AvgIpc) is 3.08. The SMILES string of the molecule is N[C@H]1c2ccccc2C[C@@H]1NC(=O)C1CC1. The molecular formula is C13H16N2O. The predicted octanol–water partition coefficient (Wildman–Crippen LogP) is 1.14. The van der Waals surface area contributed by atoms with E-state index in [9.17, 15) is 4.79 Å². The molecule has 16 heavy (non-hydrogen) atoms. The molecule has 0 bridgehead atoms. The van der Waals surface area contributed by atoms with E-state index in [4.69, 9.17) is 5.73 Å². The molecule has 84 valence electrons. The Bertz CT molecular complexity index is 426. The molecule has 3 nitrogen and oxygen atoms in total. The Morgan fingerprint density at radius 1 is 1.31 bits per heavy atom. The maximum atomic E-state index is 11.7. The third kappa shape index (κ3) is 1.61. The normalized spacial score (nSPS) is 27.6. The molecule has 0 spiro atoms. The highest BCUT2D eigenvalue weighted by Crippen LogP contribution is 2.32. The molecule has 0 aliphatic heterocycles. The van der Waals surface area contributed by atoms with Crippen LogP contribution in [0.5, 0.6) is 0 Å². The zero-order valence-electron chi connectivity index (χ0n) is 9.15. The van der Waals surface area contributed by atoms with Crippen LogP contribution in [-0.2, 0) is 11.2 Å². The molecule has 1 amide bonds. The number of carbonyl (C=O) groups excluding carboxylic acids is 1. The van der Waals surface area contributed by atoms with Crippen molar-refractivity contribution in [3.63, 3.8) is 0 Å². The minimum atomic E-state index is -0.0427. The van der Waals surface area contributed by atoms with Crippen LogP contribution in [0.25, 0.3) is 0 Å². The largest absolute Gasteiger partial charge is 0.351 e. The quantitative estimate of drug-likeness (QED) is 0.778. The summed E-state index contributed by atoms with van der Waals surface area (Å²) in [5, 5.41) is 3.07. The predicted molar refractivity (Wildman–Crippen MR) is 61.7 cm³/mol. The first kappa shape index (κ1) is 9.85. The molecule has 2 aliphatic carbocycles. The Balaban J connectivity index is 1.73. The summed E-state index contributed by atoms with van der Waals surface area (Å²) in [5.74, 6) is 0.448. The van der Waals surface area contributed by atoms with Crippen LogP contribution in [0.2, 0.25) is 0 Å². The Labute approximate surface area is 95.0 Å². The van der Waals surface area contributed by atoms with Crippen LogP contribution in [0.15, 0.2) is 24.3 Å². The van der Waals surface area contributed by atoms with E-state index in [1.54, 1.807) is 0 Å². The lowest BCUT2D eigenvalue weighted by atomic mass is 10.1. The molecule has 2 atom stereocenters. The van der Waals surface area contributed by atoms with Crippen molar-refractivity contribution in [2.45, 2.75) is 31.3 Å². The van der Waals surface area contributed by atoms with Crippen LogP contribution in [0, 0.1) is 5.92 Å². The average molecular weight is 216 g/mol. The third-order valence-corrected chi connectivity index (χ3v) is 3.56. The number of carbonyl (C=O) groups is 1. The Hall–Kier alpha value is -1.35. The van der Waals surface area contributed by atoms with E-state index in [-0.39, 0.29) is 23.9 Å². The summed E-state index contributed by atoms with van der Waals surface area (Å²) in [6, 6.07) is 8.23. The fourth-order valence-electron chi connectivity index (χ4n) is 2.41. The molecule has 3 N–H and O–H groups in total. The first-order chi connectivity index (χ1) is 7.75. The summed E-state index contributed by atoms with van der Waals surface area (Å²) in [6.45, 7) is 0. The van der Waals surface area contributed by atoms with Gasteiger partial charge in [-0.25, -0.2) is 0 Å². The van der Waals surface area contributed by atoms with Crippen molar-refractivity contribution in [1.82, 2.24) is 5.32 Å². The summed E-state index contributed by atoms with van der Waals surface area (Å²) in [4.78, 5) is 11.7. The fourth-order valence-corrected chi connectivity index (χ4v) is 2.41. The van der Waals surface area contributed by atoms with Gasteiger partial charge in [-0.3, -0.25) is 4.79 Å². The molecule has 3 heteroatoms. The standard InChI is InChI=1S/C13H16N2O/c14-12-10-4-2-1-3-9(10)7-11(12)15-13(16)8-5-6-8/h1-4,8,11-12H,5-7,14H2,(H,15,16)/t11-,12-/m0/s1. The Kier molecular flexibility index (Phi) is 2.21. The second kappa shape index (κ2) is 3.59. The van der Waals surface area contributed by atoms with Crippen molar-refractivity contribution in [2.24, 2.45) is 11.7 Å². The molecule has 1 saturated carbocycles. The van der Waals surface area contributed by atoms with Crippen molar-refractivity contribution >= 4 is 5.91 Å². The fraction of sp³-hybridized carbons (Fsp3) is 0.462. The highest BCUT2D eigenvalue weighted by atomic mass is 16.2. The number of rotatable bonds is 2. The summed E-state index contributed by atoms with van der Waals surface area (Å²) in [6.07, 6.45) is 2.96. The molecule has 0 unspecified atom stereocenters. The van der Waals surface area contributed by atoms with Crippen molar-refractivity contribution in [3.05, 3.63) is 35.4 Å². The van der Waals surface area contributed by atoms with Gasteiger partial charge in [0, 0.05) is 5.92 Å². The van der Waals surface area contributed by atoms with Crippen LogP contribution in [-0.4, -0.2) is 11.9 Å². The van der Waals surface area contributed by atoms with Gasteiger partial charge >= 0.3 is 0 Å². The smallest absolute Gasteiger partial charge is 0.223 e. The van der Waals surface area contributed by atoms with Gasteiger partial charge in [-0.15, -0.1) is 0 Å². The number of nitrogens with one attached hydrogen (secondary N) is 1. The van der Waals surface area contributed by atoms with E-state index >= 15 is 0 Å². The molecule has 0 radical (unpaired) electrons.